The lowest BCUT2D eigenvalue weighted by Gasteiger charge is -2.29. The molecule has 0 aliphatic carbocycles. The van der Waals surface area contributed by atoms with Gasteiger partial charge < -0.3 is 14.2 Å². The minimum absolute atomic E-state index is 0.297. The van der Waals surface area contributed by atoms with Crippen LogP contribution in [-0.4, -0.2) is 24.8 Å². The summed E-state index contributed by atoms with van der Waals surface area (Å²) in [7, 11) is 0. The summed E-state index contributed by atoms with van der Waals surface area (Å²) in [6.07, 6.45) is 21.3. The summed E-state index contributed by atoms with van der Waals surface area (Å²) in [6, 6.07) is 12.4. The smallest absolute Gasteiger partial charge is 0.185 e. The van der Waals surface area contributed by atoms with Crippen molar-refractivity contribution < 1.29 is 14.2 Å². The fourth-order valence-corrected chi connectivity index (χ4v) is 4.98. The lowest BCUT2D eigenvalue weighted by molar-refractivity contribution is -0.206. The van der Waals surface area contributed by atoms with Gasteiger partial charge in [0, 0.05) is 23.2 Å². The summed E-state index contributed by atoms with van der Waals surface area (Å²) < 4.78 is 18.0. The summed E-state index contributed by atoms with van der Waals surface area (Å²) in [6.45, 7) is 6.89. The first-order chi connectivity index (χ1) is 18.3. The topological polar surface area (TPSA) is 40.6 Å². The number of rotatable bonds is 19. The molecule has 0 unspecified atom stereocenters. The van der Waals surface area contributed by atoms with Gasteiger partial charge in [-0.2, -0.15) is 0 Å². The molecule has 0 N–H and O–H groups in total. The number of benzene rings is 1. The van der Waals surface area contributed by atoms with Crippen molar-refractivity contribution in [1.82, 2.24) is 4.98 Å². The highest BCUT2D eigenvalue weighted by atomic mass is 16.7. The van der Waals surface area contributed by atoms with Gasteiger partial charge in [0.05, 0.1) is 25.5 Å². The lowest BCUT2D eigenvalue weighted by atomic mass is 10.0. The number of pyridine rings is 1. The first-order valence-corrected chi connectivity index (χ1v) is 15.2. The van der Waals surface area contributed by atoms with Crippen molar-refractivity contribution in [3.63, 3.8) is 0 Å². The van der Waals surface area contributed by atoms with Gasteiger partial charge in [-0.25, -0.2) is 0 Å². The van der Waals surface area contributed by atoms with Crippen molar-refractivity contribution in [2.75, 3.05) is 19.8 Å². The summed E-state index contributed by atoms with van der Waals surface area (Å²) in [5.74, 6) is 1.45. The molecule has 1 fully saturated rings. The molecule has 1 aromatic heterocycles. The first-order valence-electron chi connectivity index (χ1n) is 15.2. The van der Waals surface area contributed by atoms with Crippen LogP contribution in [0.5, 0.6) is 5.75 Å². The molecule has 206 valence electrons. The molecule has 0 atom stereocenters. The molecular weight excluding hydrogens is 458 g/mol. The maximum Gasteiger partial charge on any atom is 0.185 e. The highest BCUT2D eigenvalue weighted by Gasteiger charge is 2.23. The van der Waals surface area contributed by atoms with Gasteiger partial charge in [0.2, 0.25) is 0 Å². The fraction of sp³-hybridized carbons (Fsp3) is 0.667. The molecule has 4 heteroatoms. The average Bonchev–Trinajstić information content (AvgIpc) is 2.95. The Kier molecular flexibility index (Phi) is 14.7. The predicted molar refractivity (Wildman–Crippen MR) is 154 cm³/mol. The second-order valence-electron chi connectivity index (χ2n) is 10.7. The molecule has 2 heterocycles. The van der Waals surface area contributed by atoms with Crippen LogP contribution >= 0.6 is 0 Å². The van der Waals surface area contributed by atoms with Crippen molar-refractivity contribution in [2.45, 2.75) is 116 Å². The maximum absolute atomic E-state index is 6.04. The lowest BCUT2D eigenvalue weighted by Crippen LogP contribution is -2.27. The maximum atomic E-state index is 6.04. The van der Waals surface area contributed by atoms with E-state index in [4.69, 9.17) is 14.2 Å². The van der Waals surface area contributed by atoms with E-state index in [1.54, 1.807) is 0 Å². The van der Waals surface area contributed by atoms with Gasteiger partial charge in [-0.3, -0.25) is 4.98 Å². The number of ether oxygens (including phenoxy) is 3. The molecule has 1 saturated heterocycles. The molecular formula is C33H51NO3. The van der Waals surface area contributed by atoms with Gasteiger partial charge in [0.25, 0.3) is 0 Å². The Hall–Kier alpha value is -1.91. The van der Waals surface area contributed by atoms with E-state index in [-0.39, 0.29) is 6.29 Å². The minimum Gasteiger partial charge on any atom is -0.494 e. The third kappa shape index (κ3) is 11.6. The molecule has 0 bridgehead atoms. The van der Waals surface area contributed by atoms with E-state index in [0.717, 1.165) is 48.8 Å². The molecule has 0 spiro atoms. The van der Waals surface area contributed by atoms with Crippen LogP contribution in [0.1, 0.15) is 122 Å². The fourth-order valence-electron chi connectivity index (χ4n) is 4.98. The van der Waals surface area contributed by atoms with E-state index in [2.05, 4.69) is 43.1 Å². The van der Waals surface area contributed by atoms with Gasteiger partial charge in [0.15, 0.2) is 6.29 Å². The molecule has 2 aromatic rings. The zero-order valence-electron chi connectivity index (χ0n) is 23.6. The van der Waals surface area contributed by atoms with E-state index >= 15 is 0 Å². The van der Waals surface area contributed by atoms with Gasteiger partial charge in [-0.1, -0.05) is 103 Å². The van der Waals surface area contributed by atoms with Gasteiger partial charge in [-0.05, 0) is 43.2 Å². The highest BCUT2D eigenvalue weighted by molar-refractivity contribution is 5.60. The van der Waals surface area contributed by atoms with E-state index in [1.165, 1.54) is 89.9 Å². The third-order valence-electron chi connectivity index (χ3n) is 7.41. The summed E-state index contributed by atoms with van der Waals surface area (Å²) >= 11 is 0. The zero-order valence-corrected chi connectivity index (χ0v) is 23.6. The van der Waals surface area contributed by atoms with Gasteiger partial charge >= 0.3 is 0 Å². The quantitative estimate of drug-likeness (QED) is 0.177. The van der Waals surface area contributed by atoms with Crippen LogP contribution in [0.25, 0.3) is 11.3 Å². The Morgan fingerprint density at radius 2 is 1.30 bits per heavy atom. The molecule has 0 amide bonds. The van der Waals surface area contributed by atoms with Crippen LogP contribution in [0, 0.1) is 5.92 Å². The number of hydrogen-bond donors (Lipinski definition) is 0. The van der Waals surface area contributed by atoms with Gasteiger partial charge in [-0.15, -0.1) is 0 Å². The summed E-state index contributed by atoms with van der Waals surface area (Å²) in [4.78, 5) is 4.68. The second kappa shape index (κ2) is 18.4. The monoisotopic (exact) mass is 509 g/mol. The van der Waals surface area contributed by atoms with E-state index in [1.807, 2.05) is 18.3 Å². The van der Waals surface area contributed by atoms with Crippen molar-refractivity contribution in [2.24, 2.45) is 5.92 Å². The molecule has 1 aromatic carbocycles. The Balaban J connectivity index is 1.31. The van der Waals surface area contributed by atoms with Crippen LogP contribution in [0.4, 0.5) is 0 Å². The molecule has 0 radical (unpaired) electrons. The number of hydrogen-bond acceptors (Lipinski definition) is 4. The summed E-state index contributed by atoms with van der Waals surface area (Å²) in [5.41, 5.74) is 3.04. The average molecular weight is 510 g/mol. The largest absolute Gasteiger partial charge is 0.494 e. The number of unbranched alkanes of at least 4 members (excludes halogenated alkanes) is 12. The van der Waals surface area contributed by atoms with E-state index in [0.29, 0.717) is 5.92 Å². The first kappa shape index (κ1) is 29.6. The molecule has 3 rings (SSSR count). The van der Waals surface area contributed by atoms with Crippen LogP contribution in [-0.2, 0) is 9.47 Å². The molecule has 1 aliphatic rings. The van der Waals surface area contributed by atoms with Crippen molar-refractivity contribution in [3.05, 3.63) is 48.2 Å². The highest BCUT2D eigenvalue weighted by Crippen LogP contribution is 2.28. The van der Waals surface area contributed by atoms with Crippen molar-refractivity contribution >= 4 is 0 Å². The van der Waals surface area contributed by atoms with Gasteiger partial charge in [0.1, 0.15) is 5.75 Å². The predicted octanol–water partition coefficient (Wildman–Crippen LogP) is 9.68. The van der Waals surface area contributed by atoms with Crippen LogP contribution < -0.4 is 4.74 Å². The van der Waals surface area contributed by atoms with Crippen LogP contribution in [0.3, 0.4) is 0 Å². The second-order valence-corrected chi connectivity index (χ2v) is 10.7. The standard InChI is InChI=1S/C33H51NO3/c1-3-5-7-9-11-12-14-16-24-35-31-21-18-29(19-22-31)32-23-20-30(25-34-32)33-36-26-28(27-37-33)17-15-13-10-8-6-4-2/h18-23,25,28,33H,3-17,24,26-27H2,1-2H3/t28-,33-. The summed E-state index contributed by atoms with van der Waals surface area (Å²) in [5, 5.41) is 0. The van der Waals surface area contributed by atoms with E-state index < -0.39 is 0 Å². The van der Waals surface area contributed by atoms with Crippen LogP contribution in [0.15, 0.2) is 42.6 Å². The normalized spacial score (nSPS) is 17.7. The Bertz CT molecular complexity index is 812. The molecule has 4 nitrogen and oxygen atoms in total. The molecule has 1 aliphatic heterocycles. The molecule has 0 saturated carbocycles. The van der Waals surface area contributed by atoms with Crippen LogP contribution in [0.2, 0.25) is 0 Å². The minimum atomic E-state index is -0.297. The third-order valence-corrected chi connectivity index (χ3v) is 7.41. The Morgan fingerprint density at radius 3 is 1.89 bits per heavy atom. The Morgan fingerprint density at radius 1 is 0.703 bits per heavy atom. The molecule has 37 heavy (non-hydrogen) atoms. The SMILES string of the molecule is CCCCCCCCCCOc1ccc(-c2ccc([C@H]3OC[C@H](CCCCCCCC)CO3)cn2)cc1. The number of nitrogens with zero attached hydrogens (tertiary/aromatic N) is 1. The zero-order chi connectivity index (χ0) is 26.0. The number of aromatic nitrogens is 1. The Labute approximate surface area is 226 Å². The van der Waals surface area contributed by atoms with Crippen molar-refractivity contribution in [3.8, 4) is 17.0 Å². The van der Waals surface area contributed by atoms with Crippen molar-refractivity contribution in [1.29, 1.82) is 0 Å². The van der Waals surface area contributed by atoms with E-state index in [9.17, 15) is 0 Å².